The molecule has 0 heterocycles. The zero-order valence-electron chi connectivity index (χ0n) is 17.3. The van der Waals surface area contributed by atoms with Crippen molar-refractivity contribution in [1.82, 2.24) is 5.32 Å². The normalized spacial score (nSPS) is 10.2. The molecule has 164 valence electrons. The molecule has 0 unspecified atom stereocenters. The Bertz CT molecular complexity index is 1100. The van der Waals surface area contributed by atoms with Gasteiger partial charge in [-0.05, 0) is 76.2 Å². The van der Waals surface area contributed by atoms with Crippen LogP contribution in [0.15, 0.2) is 77.3 Å². The Kier molecular flexibility index (Phi) is 8.35. The molecule has 0 fully saturated rings. The highest BCUT2D eigenvalue weighted by molar-refractivity contribution is 9.10. The highest BCUT2D eigenvalue weighted by Gasteiger charge is 2.12. The topological polar surface area (TPSA) is 76.7 Å². The lowest BCUT2D eigenvalue weighted by atomic mass is 10.2. The summed E-state index contributed by atoms with van der Waals surface area (Å²) in [6.07, 6.45) is 0.788. The van der Waals surface area contributed by atoms with Gasteiger partial charge in [0.2, 0.25) is 0 Å². The van der Waals surface area contributed by atoms with Gasteiger partial charge in [-0.25, -0.2) is 4.79 Å². The minimum absolute atomic E-state index is 0.139. The fraction of sp³-hybridized carbons (Fsp3) is 0.125. The molecular weight excluding hydrogens is 492 g/mol. The molecule has 0 aliphatic carbocycles. The SMILES string of the molecule is COC(=O)c1ccc(NC(=S)NC(=O)c2ccc(OCCc3ccccc3)c(Br)c2)cc1. The highest BCUT2D eigenvalue weighted by Crippen LogP contribution is 2.26. The Morgan fingerprint density at radius 3 is 2.31 bits per heavy atom. The third-order valence-electron chi connectivity index (χ3n) is 4.48. The number of hydrogen-bond acceptors (Lipinski definition) is 5. The van der Waals surface area contributed by atoms with Crippen LogP contribution < -0.4 is 15.4 Å². The van der Waals surface area contributed by atoms with E-state index in [1.165, 1.54) is 12.7 Å². The van der Waals surface area contributed by atoms with Gasteiger partial charge in [0.1, 0.15) is 5.75 Å². The van der Waals surface area contributed by atoms with Gasteiger partial charge in [-0.1, -0.05) is 30.3 Å². The first kappa shape index (κ1) is 23.4. The molecule has 0 spiro atoms. The maximum Gasteiger partial charge on any atom is 0.337 e. The van der Waals surface area contributed by atoms with E-state index in [2.05, 4.69) is 43.4 Å². The molecule has 3 aromatic rings. The molecule has 0 aliphatic rings. The van der Waals surface area contributed by atoms with Gasteiger partial charge in [-0.3, -0.25) is 10.1 Å². The quantitative estimate of drug-likeness (QED) is 0.343. The first-order valence-electron chi connectivity index (χ1n) is 9.73. The van der Waals surface area contributed by atoms with Gasteiger partial charge in [0.05, 0.1) is 23.8 Å². The van der Waals surface area contributed by atoms with Crippen molar-refractivity contribution < 1.29 is 19.1 Å². The molecule has 8 heteroatoms. The molecule has 3 aromatic carbocycles. The molecular formula is C24H21BrN2O4S. The van der Waals surface area contributed by atoms with E-state index in [-0.39, 0.29) is 11.0 Å². The molecule has 0 saturated heterocycles. The van der Waals surface area contributed by atoms with Crippen LogP contribution in [0.3, 0.4) is 0 Å². The molecule has 1 amide bonds. The summed E-state index contributed by atoms with van der Waals surface area (Å²) in [7, 11) is 1.32. The van der Waals surface area contributed by atoms with Crippen molar-refractivity contribution in [1.29, 1.82) is 0 Å². The number of carbonyl (C=O) groups is 2. The van der Waals surface area contributed by atoms with Gasteiger partial charge < -0.3 is 14.8 Å². The van der Waals surface area contributed by atoms with Crippen molar-refractivity contribution in [2.45, 2.75) is 6.42 Å². The fourth-order valence-corrected chi connectivity index (χ4v) is 3.53. The van der Waals surface area contributed by atoms with Crippen molar-refractivity contribution in [2.75, 3.05) is 19.0 Å². The van der Waals surface area contributed by atoms with Crippen LogP contribution in [0.5, 0.6) is 5.75 Å². The van der Waals surface area contributed by atoms with Gasteiger partial charge in [0.15, 0.2) is 5.11 Å². The van der Waals surface area contributed by atoms with Crippen molar-refractivity contribution in [2.24, 2.45) is 0 Å². The Morgan fingerprint density at radius 2 is 1.66 bits per heavy atom. The molecule has 0 bridgehead atoms. The van der Waals surface area contributed by atoms with Crippen LogP contribution in [-0.4, -0.2) is 30.7 Å². The van der Waals surface area contributed by atoms with E-state index < -0.39 is 5.97 Å². The lowest BCUT2D eigenvalue weighted by molar-refractivity contribution is 0.0600. The Labute approximate surface area is 200 Å². The third-order valence-corrected chi connectivity index (χ3v) is 5.30. The maximum absolute atomic E-state index is 12.5. The zero-order chi connectivity index (χ0) is 22.9. The summed E-state index contributed by atoms with van der Waals surface area (Å²) in [5, 5.41) is 5.68. The molecule has 6 nitrogen and oxygen atoms in total. The highest BCUT2D eigenvalue weighted by atomic mass is 79.9. The summed E-state index contributed by atoms with van der Waals surface area (Å²) < 4.78 is 11.2. The number of benzene rings is 3. The van der Waals surface area contributed by atoms with E-state index in [0.717, 1.165) is 6.42 Å². The number of methoxy groups -OCH3 is 1. The summed E-state index contributed by atoms with van der Waals surface area (Å²) in [5.74, 6) is -0.125. The second-order valence-corrected chi connectivity index (χ2v) is 7.97. The summed E-state index contributed by atoms with van der Waals surface area (Å²) >= 11 is 8.67. The predicted molar refractivity (Wildman–Crippen MR) is 131 cm³/mol. The monoisotopic (exact) mass is 512 g/mol. The minimum Gasteiger partial charge on any atom is -0.492 e. The van der Waals surface area contributed by atoms with Crippen molar-refractivity contribution in [3.8, 4) is 5.75 Å². The van der Waals surface area contributed by atoms with Crippen molar-refractivity contribution >= 4 is 50.8 Å². The Balaban J connectivity index is 1.52. The number of esters is 1. The van der Waals surface area contributed by atoms with Crippen LogP contribution in [0.2, 0.25) is 0 Å². The summed E-state index contributed by atoms with van der Waals surface area (Å²) in [5.41, 5.74) is 2.67. The number of hydrogen-bond donors (Lipinski definition) is 2. The van der Waals surface area contributed by atoms with Gasteiger partial charge in [0.25, 0.3) is 5.91 Å². The van der Waals surface area contributed by atoms with Gasteiger partial charge in [0, 0.05) is 17.7 Å². The molecule has 0 saturated carbocycles. The van der Waals surface area contributed by atoms with Crippen LogP contribution >= 0.6 is 28.1 Å². The lowest BCUT2D eigenvalue weighted by Crippen LogP contribution is -2.34. The summed E-state index contributed by atoms with van der Waals surface area (Å²) in [6.45, 7) is 0.525. The number of halogens is 1. The Hall–Kier alpha value is -3.23. The first-order chi connectivity index (χ1) is 15.5. The molecule has 3 rings (SSSR count). The molecule has 2 N–H and O–H groups in total. The lowest BCUT2D eigenvalue weighted by Gasteiger charge is -2.12. The van der Waals surface area contributed by atoms with Crippen LogP contribution in [0.25, 0.3) is 0 Å². The number of thiocarbonyl (C=S) groups is 1. The number of rotatable bonds is 7. The van der Waals surface area contributed by atoms with Crippen molar-refractivity contribution in [3.63, 3.8) is 0 Å². The van der Waals surface area contributed by atoms with Crippen LogP contribution in [0, 0.1) is 0 Å². The minimum atomic E-state index is -0.425. The molecule has 0 atom stereocenters. The van der Waals surface area contributed by atoms with E-state index >= 15 is 0 Å². The van der Waals surface area contributed by atoms with Crippen LogP contribution in [-0.2, 0) is 11.2 Å². The van der Waals surface area contributed by atoms with E-state index in [0.29, 0.717) is 33.6 Å². The molecule has 0 radical (unpaired) electrons. The number of amides is 1. The standard InChI is InChI=1S/C24H21BrN2O4S/c1-30-23(29)17-7-10-19(11-8-17)26-24(32)27-22(28)18-9-12-21(20(25)15-18)31-14-13-16-5-3-2-4-6-16/h2-12,15H,13-14H2,1H3,(H2,26,27,28,32). The molecule has 0 aliphatic heterocycles. The molecule has 32 heavy (non-hydrogen) atoms. The van der Waals surface area contributed by atoms with Gasteiger partial charge >= 0.3 is 5.97 Å². The number of anilines is 1. The van der Waals surface area contributed by atoms with Gasteiger partial charge in [-0.15, -0.1) is 0 Å². The third kappa shape index (κ3) is 6.63. The van der Waals surface area contributed by atoms with E-state index in [1.807, 2.05) is 18.2 Å². The fourth-order valence-electron chi connectivity index (χ4n) is 2.83. The summed E-state index contributed by atoms with van der Waals surface area (Å²) in [6, 6.07) is 21.7. The average Bonchev–Trinajstić information content (AvgIpc) is 2.80. The predicted octanol–water partition coefficient (Wildman–Crippen LogP) is 4.98. The zero-order valence-corrected chi connectivity index (χ0v) is 19.7. The van der Waals surface area contributed by atoms with E-state index in [4.69, 9.17) is 17.0 Å². The van der Waals surface area contributed by atoms with Gasteiger partial charge in [-0.2, -0.15) is 0 Å². The van der Waals surface area contributed by atoms with E-state index in [9.17, 15) is 9.59 Å². The smallest absolute Gasteiger partial charge is 0.337 e. The van der Waals surface area contributed by atoms with E-state index in [1.54, 1.807) is 42.5 Å². The second kappa shape index (κ2) is 11.4. The maximum atomic E-state index is 12.5. The van der Waals surface area contributed by atoms with Crippen LogP contribution in [0.4, 0.5) is 5.69 Å². The second-order valence-electron chi connectivity index (χ2n) is 6.71. The average molecular weight is 513 g/mol. The number of nitrogens with one attached hydrogen (secondary N) is 2. The number of ether oxygens (including phenoxy) is 2. The number of carbonyl (C=O) groups excluding carboxylic acids is 2. The first-order valence-corrected chi connectivity index (χ1v) is 10.9. The van der Waals surface area contributed by atoms with Crippen LogP contribution in [0.1, 0.15) is 26.3 Å². The summed E-state index contributed by atoms with van der Waals surface area (Å²) in [4.78, 5) is 24.0. The largest absolute Gasteiger partial charge is 0.492 e. The Morgan fingerprint density at radius 1 is 0.969 bits per heavy atom. The molecule has 0 aromatic heterocycles. The van der Waals surface area contributed by atoms with Crippen molar-refractivity contribution in [3.05, 3.63) is 94.0 Å².